The van der Waals surface area contributed by atoms with Gasteiger partial charge in [0.15, 0.2) is 0 Å². The van der Waals surface area contributed by atoms with Crippen molar-refractivity contribution in [2.75, 3.05) is 6.61 Å². The van der Waals surface area contributed by atoms with E-state index >= 15 is 0 Å². The fraction of sp³-hybridized carbons (Fsp3) is 0.222. The molecule has 7 heteroatoms. The van der Waals surface area contributed by atoms with E-state index in [4.69, 9.17) is 27.9 Å². The third-order valence-electron chi connectivity index (χ3n) is 3.72. The second-order valence-electron chi connectivity index (χ2n) is 5.62. The molecule has 0 bridgehead atoms. The van der Waals surface area contributed by atoms with Gasteiger partial charge in [0.2, 0.25) is 0 Å². The van der Waals surface area contributed by atoms with E-state index in [2.05, 4.69) is 4.98 Å². The number of aliphatic hydroxyl groups excluding tert-OH is 1. The standard InChI is InChI=1S/C18H16Cl2N2O3/c19-13-5-6-17-15(7-13)18(24)22(11-21-17)8-14(23)10-25-9-12-3-1-2-4-16(12)20/h1-7,11,14,23H,8-10H2/t14-/m0/s1. The lowest BCUT2D eigenvalue weighted by molar-refractivity contribution is 0.0198. The van der Waals surface area contributed by atoms with Crippen LogP contribution >= 0.6 is 23.2 Å². The Kier molecular flexibility index (Phi) is 5.71. The summed E-state index contributed by atoms with van der Waals surface area (Å²) in [6, 6.07) is 12.3. The highest BCUT2D eigenvalue weighted by Gasteiger charge is 2.10. The first kappa shape index (κ1) is 17.9. The molecular weight excluding hydrogens is 363 g/mol. The van der Waals surface area contributed by atoms with Gasteiger partial charge in [-0.2, -0.15) is 0 Å². The maximum atomic E-state index is 12.5. The van der Waals surface area contributed by atoms with Crippen LogP contribution in [0.15, 0.2) is 53.6 Å². The maximum Gasteiger partial charge on any atom is 0.261 e. The number of halogens is 2. The van der Waals surface area contributed by atoms with E-state index in [0.29, 0.717) is 20.9 Å². The number of ether oxygens (including phenoxy) is 1. The molecule has 0 aliphatic heterocycles. The van der Waals surface area contributed by atoms with Crippen molar-refractivity contribution in [3.63, 3.8) is 0 Å². The molecule has 0 aliphatic rings. The summed E-state index contributed by atoms with van der Waals surface area (Å²) >= 11 is 12.0. The van der Waals surface area contributed by atoms with Crippen molar-refractivity contribution in [3.05, 3.63) is 74.8 Å². The van der Waals surface area contributed by atoms with Crippen LogP contribution in [-0.4, -0.2) is 27.4 Å². The summed E-state index contributed by atoms with van der Waals surface area (Å²) in [5, 5.41) is 11.6. The Morgan fingerprint density at radius 2 is 2.00 bits per heavy atom. The summed E-state index contributed by atoms with van der Waals surface area (Å²) < 4.78 is 6.84. The molecule has 0 fully saturated rings. The second-order valence-corrected chi connectivity index (χ2v) is 6.47. The van der Waals surface area contributed by atoms with Gasteiger partial charge in [0.05, 0.1) is 43.1 Å². The number of hydrogen-bond donors (Lipinski definition) is 1. The maximum absolute atomic E-state index is 12.5. The fourth-order valence-electron chi connectivity index (χ4n) is 2.46. The fourth-order valence-corrected chi connectivity index (χ4v) is 2.82. The Hall–Kier alpha value is -1.92. The molecule has 1 heterocycles. The highest BCUT2D eigenvalue weighted by Crippen LogP contribution is 2.16. The summed E-state index contributed by atoms with van der Waals surface area (Å²) in [7, 11) is 0. The summed E-state index contributed by atoms with van der Waals surface area (Å²) in [5.74, 6) is 0. The minimum Gasteiger partial charge on any atom is -0.389 e. The molecule has 1 atom stereocenters. The van der Waals surface area contributed by atoms with E-state index in [1.165, 1.54) is 10.9 Å². The zero-order valence-corrected chi connectivity index (χ0v) is 14.7. The minimum atomic E-state index is -0.848. The van der Waals surface area contributed by atoms with Gasteiger partial charge < -0.3 is 9.84 Å². The molecule has 1 N–H and O–H groups in total. The van der Waals surface area contributed by atoms with Crippen molar-refractivity contribution < 1.29 is 9.84 Å². The first-order valence-electron chi connectivity index (χ1n) is 7.68. The third kappa shape index (κ3) is 4.38. The Balaban J connectivity index is 1.64. The van der Waals surface area contributed by atoms with Gasteiger partial charge in [0.1, 0.15) is 0 Å². The predicted molar refractivity (Wildman–Crippen MR) is 98.1 cm³/mol. The zero-order chi connectivity index (χ0) is 17.8. The minimum absolute atomic E-state index is 0.0746. The van der Waals surface area contributed by atoms with Crippen LogP contribution in [-0.2, 0) is 17.9 Å². The van der Waals surface area contributed by atoms with Gasteiger partial charge in [0, 0.05) is 10.0 Å². The van der Waals surface area contributed by atoms with Crippen molar-refractivity contribution in [2.45, 2.75) is 19.3 Å². The van der Waals surface area contributed by atoms with Gasteiger partial charge >= 0.3 is 0 Å². The van der Waals surface area contributed by atoms with Gasteiger partial charge in [0.25, 0.3) is 5.56 Å². The first-order valence-corrected chi connectivity index (χ1v) is 8.44. The van der Waals surface area contributed by atoms with E-state index in [0.717, 1.165) is 5.56 Å². The Labute approximate surface area is 154 Å². The summed E-state index contributed by atoms with van der Waals surface area (Å²) in [4.78, 5) is 16.7. The molecule has 130 valence electrons. The molecule has 0 radical (unpaired) electrons. The van der Waals surface area contributed by atoms with Crippen molar-refractivity contribution >= 4 is 34.1 Å². The molecule has 0 amide bonds. The smallest absolute Gasteiger partial charge is 0.261 e. The monoisotopic (exact) mass is 378 g/mol. The lowest BCUT2D eigenvalue weighted by Crippen LogP contribution is -2.29. The number of rotatable bonds is 6. The number of nitrogens with zero attached hydrogens (tertiary/aromatic N) is 2. The van der Waals surface area contributed by atoms with Crippen molar-refractivity contribution in [1.29, 1.82) is 0 Å². The molecule has 25 heavy (non-hydrogen) atoms. The van der Waals surface area contributed by atoms with Gasteiger partial charge in [-0.05, 0) is 29.8 Å². The van der Waals surface area contributed by atoms with Gasteiger partial charge in [-0.15, -0.1) is 0 Å². The molecule has 0 unspecified atom stereocenters. The van der Waals surface area contributed by atoms with Crippen LogP contribution in [0.25, 0.3) is 10.9 Å². The van der Waals surface area contributed by atoms with Gasteiger partial charge in [-0.25, -0.2) is 4.98 Å². The molecule has 3 rings (SSSR count). The molecule has 3 aromatic rings. The Bertz CT molecular complexity index is 943. The van der Waals surface area contributed by atoms with Crippen molar-refractivity contribution in [2.24, 2.45) is 0 Å². The molecule has 0 saturated heterocycles. The lowest BCUT2D eigenvalue weighted by Gasteiger charge is -2.14. The number of benzene rings is 2. The normalized spacial score (nSPS) is 12.4. The highest BCUT2D eigenvalue weighted by molar-refractivity contribution is 6.31. The Morgan fingerprint density at radius 3 is 2.80 bits per heavy atom. The van der Waals surface area contributed by atoms with Crippen LogP contribution in [0.5, 0.6) is 0 Å². The second kappa shape index (κ2) is 7.97. The van der Waals surface area contributed by atoms with Crippen molar-refractivity contribution in [1.82, 2.24) is 9.55 Å². The van der Waals surface area contributed by atoms with E-state index in [1.807, 2.05) is 18.2 Å². The molecule has 0 spiro atoms. The molecule has 0 aliphatic carbocycles. The zero-order valence-electron chi connectivity index (χ0n) is 13.2. The van der Waals surface area contributed by atoms with Gasteiger partial charge in [-0.3, -0.25) is 9.36 Å². The first-order chi connectivity index (χ1) is 12.0. The molecule has 2 aromatic carbocycles. The van der Waals surface area contributed by atoms with Gasteiger partial charge in [-0.1, -0.05) is 41.4 Å². The molecule has 1 aromatic heterocycles. The summed E-state index contributed by atoms with van der Waals surface area (Å²) in [6.45, 7) is 0.444. The summed E-state index contributed by atoms with van der Waals surface area (Å²) in [6.07, 6.45) is 0.564. The highest BCUT2D eigenvalue weighted by atomic mass is 35.5. The third-order valence-corrected chi connectivity index (χ3v) is 4.32. The lowest BCUT2D eigenvalue weighted by atomic mass is 10.2. The van der Waals surface area contributed by atoms with Crippen molar-refractivity contribution in [3.8, 4) is 0 Å². The average Bonchev–Trinajstić information content (AvgIpc) is 2.59. The van der Waals surface area contributed by atoms with E-state index in [1.54, 1.807) is 24.3 Å². The van der Waals surface area contributed by atoms with Crippen LogP contribution in [0.2, 0.25) is 10.0 Å². The van der Waals surface area contributed by atoms with E-state index < -0.39 is 6.10 Å². The van der Waals surface area contributed by atoms with Crippen LogP contribution < -0.4 is 5.56 Å². The SMILES string of the molecule is O=c1c2cc(Cl)ccc2ncn1C[C@H](O)COCc1ccccc1Cl. The van der Waals surface area contributed by atoms with E-state index in [-0.39, 0.29) is 25.3 Å². The summed E-state index contributed by atoms with van der Waals surface area (Å²) in [5.41, 5.74) is 1.16. The van der Waals surface area contributed by atoms with E-state index in [9.17, 15) is 9.90 Å². The van der Waals surface area contributed by atoms with Crippen LogP contribution in [0.3, 0.4) is 0 Å². The number of fused-ring (bicyclic) bond motifs is 1. The largest absolute Gasteiger partial charge is 0.389 e. The topological polar surface area (TPSA) is 64.4 Å². The number of aliphatic hydroxyl groups is 1. The Morgan fingerprint density at radius 1 is 1.20 bits per heavy atom. The molecular formula is C18H16Cl2N2O3. The number of aromatic nitrogens is 2. The quantitative estimate of drug-likeness (QED) is 0.714. The number of hydrogen-bond acceptors (Lipinski definition) is 4. The van der Waals surface area contributed by atoms with Crippen LogP contribution in [0.1, 0.15) is 5.56 Å². The van der Waals surface area contributed by atoms with Crippen LogP contribution in [0.4, 0.5) is 0 Å². The molecule has 5 nitrogen and oxygen atoms in total. The molecule has 0 saturated carbocycles. The van der Waals surface area contributed by atoms with Crippen LogP contribution in [0, 0.1) is 0 Å². The predicted octanol–water partition coefficient (Wildman–Crippen LogP) is 3.28. The average molecular weight is 379 g/mol.